The van der Waals surface area contributed by atoms with E-state index in [4.69, 9.17) is 20.1 Å². The minimum absolute atomic E-state index is 0.0502. The number of hydrogen-bond donors (Lipinski definition) is 3. The molecule has 0 rings (SSSR count). The van der Waals surface area contributed by atoms with Crippen molar-refractivity contribution in [1.29, 1.82) is 0 Å². The Kier molecular flexibility index (Phi) is 10.8. The van der Waals surface area contributed by atoms with Crippen molar-refractivity contribution < 1.29 is 29.6 Å². The van der Waals surface area contributed by atoms with Crippen LogP contribution in [0.3, 0.4) is 0 Å². The molecule has 0 unspecified atom stereocenters. The monoisotopic (exact) mass is 250 g/mol. The number of esters is 1. The largest absolute Gasteiger partial charge is 0.481 e. The van der Waals surface area contributed by atoms with Crippen LogP contribution in [-0.2, 0) is 14.3 Å². The molecule has 6 heteroatoms. The lowest BCUT2D eigenvalue weighted by atomic mass is 9.99. The number of hydrogen-bond acceptors (Lipinski definition) is 5. The number of aliphatic hydroxyl groups is 2. The Morgan fingerprint density at radius 1 is 1.06 bits per heavy atom. The Labute approximate surface area is 101 Å². The van der Waals surface area contributed by atoms with Crippen molar-refractivity contribution in [3.63, 3.8) is 0 Å². The van der Waals surface area contributed by atoms with Crippen LogP contribution in [0.15, 0.2) is 0 Å². The number of carbonyl (C=O) groups is 2. The third-order valence-electron chi connectivity index (χ3n) is 1.31. The highest BCUT2D eigenvalue weighted by molar-refractivity contribution is 5.76. The minimum atomic E-state index is -0.979. The van der Waals surface area contributed by atoms with E-state index < -0.39 is 11.9 Å². The topological polar surface area (TPSA) is 104 Å². The number of aliphatic carboxylic acids is 1. The molecule has 0 aromatic heterocycles. The van der Waals surface area contributed by atoms with Crippen LogP contribution in [-0.4, -0.2) is 47.1 Å². The van der Waals surface area contributed by atoms with Crippen LogP contribution in [0, 0.1) is 5.41 Å². The lowest BCUT2D eigenvalue weighted by Crippen LogP contribution is -2.18. The molecule has 0 bridgehead atoms. The molecule has 0 aromatic carbocycles. The molecule has 0 amide bonds. The maximum atomic E-state index is 10.9. The average Bonchev–Trinajstić information content (AvgIpc) is 2.23. The Hall–Kier alpha value is -1.14. The lowest BCUT2D eigenvalue weighted by Gasteiger charge is -2.17. The Morgan fingerprint density at radius 2 is 1.53 bits per heavy atom. The maximum absolute atomic E-state index is 10.9. The van der Waals surface area contributed by atoms with Gasteiger partial charge in [-0.15, -0.1) is 0 Å². The first-order chi connectivity index (χ1) is 7.72. The summed E-state index contributed by atoms with van der Waals surface area (Å²) in [5.41, 5.74) is -0.0706. The quantitative estimate of drug-likeness (QED) is 0.610. The van der Waals surface area contributed by atoms with Crippen molar-refractivity contribution in [2.45, 2.75) is 33.6 Å². The van der Waals surface area contributed by atoms with Gasteiger partial charge in [-0.1, -0.05) is 20.8 Å². The van der Waals surface area contributed by atoms with Gasteiger partial charge in [0.25, 0.3) is 0 Å². The molecule has 0 aliphatic heterocycles. The van der Waals surface area contributed by atoms with Gasteiger partial charge >= 0.3 is 11.9 Å². The summed E-state index contributed by atoms with van der Waals surface area (Å²) in [6.45, 7) is 5.90. The van der Waals surface area contributed by atoms with Gasteiger partial charge in [-0.2, -0.15) is 0 Å². The van der Waals surface area contributed by atoms with Gasteiger partial charge in [0.2, 0.25) is 0 Å². The van der Waals surface area contributed by atoms with Gasteiger partial charge in [-0.25, -0.2) is 0 Å². The molecule has 102 valence electrons. The highest BCUT2D eigenvalue weighted by Crippen LogP contribution is 2.13. The lowest BCUT2D eigenvalue weighted by molar-refractivity contribution is -0.149. The zero-order valence-electron chi connectivity index (χ0n) is 10.6. The van der Waals surface area contributed by atoms with Crippen molar-refractivity contribution in [2.75, 3.05) is 19.8 Å². The number of carboxylic acid groups (broad SMARTS) is 1. The van der Waals surface area contributed by atoms with E-state index in [9.17, 15) is 9.59 Å². The van der Waals surface area contributed by atoms with E-state index in [0.717, 1.165) is 0 Å². The summed E-state index contributed by atoms with van der Waals surface area (Å²) < 4.78 is 4.85. The smallest absolute Gasteiger partial charge is 0.306 e. The van der Waals surface area contributed by atoms with E-state index in [0.29, 0.717) is 6.61 Å². The third kappa shape index (κ3) is 20.8. The van der Waals surface area contributed by atoms with Crippen molar-refractivity contribution in [1.82, 2.24) is 0 Å². The number of aliphatic hydroxyl groups excluding tert-OH is 2. The predicted molar refractivity (Wildman–Crippen MR) is 61.5 cm³/mol. The van der Waals surface area contributed by atoms with Crippen LogP contribution in [0.2, 0.25) is 0 Å². The Morgan fingerprint density at radius 3 is 1.82 bits per heavy atom. The molecular formula is C11H22O6. The molecule has 0 aliphatic rings. The molecule has 6 nitrogen and oxygen atoms in total. The molecule has 0 spiro atoms. The normalized spacial score (nSPS) is 10.2. The van der Waals surface area contributed by atoms with E-state index in [1.807, 2.05) is 20.8 Å². The zero-order valence-corrected chi connectivity index (χ0v) is 10.6. The van der Waals surface area contributed by atoms with Gasteiger partial charge in [0, 0.05) is 0 Å². The van der Waals surface area contributed by atoms with Gasteiger partial charge < -0.3 is 20.1 Å². The van der Waals surface area contributed by atoms with Gasteiger partial charge in [-0.05, 0) is 5.41 Å². The van der Waals surface area contributed by atoms with Crippen LogP contribution in [0.4, 0.5) is 0 Å². The van der Waals surface area contributed by atoms with Crippen LogP contribution in [0.25, 0.3) is 0 Å². The number of ether oxygens (including phenoxy) is 1. The van der Waals surface area contributed by atoms with Gasteiger partial charge in [0.1, 0.15) is 0 Å². The average molecular weight is 250 g/mol. The summed E-state index contributed by atoms with van der Waals surface area (Å²) in [6, 6.07) is 0. The Balaban J connectivity index is 0. The summed E-state index contributed by atoms with van der Waals surface area (Å²) in [7, 11) is 0. The van der Waals surface area contributed by atoms with Crippen LogP contribution in [0.5, 0.6) is 0 Å². The van der Waals surface area contributed by atoms with Gasteiger partial charge in [-0.3, -0.25) is 9.59 Å². The molecule has 0 saturated heterocycles. The summed E-state index contributed by atoms with van der Waals surface area (Å²) >= 11 is 0. The Bertz CT molecular complexity index is 216. The first-order valence-corrected chi connectivity index (χ1v) is 5.32. The van der Waals surface area contributed by atoms with Gasteiger partial charge in [0.05, 0.1) is 32.7 Å². The number of carbonyl (C=O) groups excluding carboxylic acids is 1. The fourth-order valence-corrected chi connectivity index (χ4v) is 0.578. The highest BCUT2D eigenvalue weighted by atomic mass is 16.5. The van der Waals surface area contributed by atoms with Crippen LogP contribution < -0.4 is 0 Å². The summed E-state index contributed by atoms with van der Waals surface area (Å²) in [6.07, 6.45) is -0.214. The molecule has 0 heterocycles. The first kappa shape index (κ1) is 18.2. The molecule has 0 radical (unpaired) electrons. The fourth-order valence-electron chi connectivity index (χ4n) is 0.578. The second-order valence-electron chi connectivity index (χ2n) is 4.56. The van der Waals surface area contributed by atoms with E-state index in [2.05, 4.69) is 0 Å². The van der Waals surface area contributed by atoms with E-state index in [1.165, 1.54) is 0 Å². The van der Waals surface area contributed by atoms with E-state index >= 15 is 0 Å². The summed E-state index contributed by atoms with van der Waals surface area (Å²) in [5, 5.41) is 23.5. The van der Waals surface area contributed by atoms with Crippen molar-refractivity contribution in [2.24, 2.45) is 5.41 Å². The molecule has 0 fully saturated rings. The maximum Gasteiger partial charge on any atom is 0.306 e. The molecule has 0 aliphatic carbocycles. The summed E-state index contributed by atoms with van der Waals surface area (Å²) in [4.78, 5) is 21.0. The zero-order chi connectivity index (χ0) is 13.9. The van der Waals surface area contributed by atoms with Crippen molar-refractivity contribution in [3.05, 3.63) is 0 Å². The van der Waals surface area contributed by atoms with Crippen molar-refractivity contribution in [3.8, 4) is 0 Å². The molecule has 3 N–H and O–H groups in total. The molecule has 0 aromatic rings. The number of rotatable bonds is 5. The SMILES string of the molecule is CC(C)(C)COC(=O)CCC(=O)O.OCCO. The molecule has 17 heavy (non-hydrogen) atoms. The van der Waals surface area contributed by atoms with Crippen molar-refractivity contribution >= 4 is 11.9 Å². The minimum Gasteiger partial charge on any atom is -0.481 e. The van der Waals surface area contributed by atoms with E-state index in [1.54, 1.807) is 0 Å². The highest BCUT2D eigenvalue weighted by Gasteiger charge is 2.14. The van der Waals surface area contributed by atoms with Crippen LogP contribution >= 0.6 is 0 Å². The second-order valence-corrected chi connectivity index (χ2v) is 4.56. The van der Waals surface area contributed by atoms with Crippen LogP contribution in [0.1, 0.15) is 33.6 Å². The molecule has 0 saturated carbocycles. The van der Waals surface area contributed by atoms with Gasteiger partial charge in [0.15, 0.2) is 0 Å². The summed E-state index contributed by atoms with van der Waals surface area (Å²) in [5.74, 6) is -1.43. The first-order valence-electron chi connectivity index (χ1n) is 5.32. The fraction of sp³-hybridized carbons (Fsp3) is 0.818. The van der Waals surface area contributed by atoms with E-state index in [-0.39, 0.29) is 31.5 Å². The molecular weight excluding hydrogens is 228 g/mol. The molecule has 0 atom stereocenters. The number of carboxylic acids is 1. The standard InChI is InChI=1S/C9H16O4.C2H6O2/c1-9(2,3)6-13-8(12)5-4-7(10)11;3-1-2-4/h4-6H2,1-3H3,(H,10,11);3-4H,1-2H2. The second kappa shape index (κ2) is 10.0. The predicted octanol–water partition coefficient (Wildman–Crippen LogP) is 0.412. The third-order valence-corrected chi connectivity index (χ3v) is 1.31.